The largest absolute Gasteiger partial charge is 0.370 e. The summed E-state index contributed by atoms with van der Waals surface area (Å²) in [6.07, 6.45) is -0.0270. The molecule has 0 bridgehead atoms. The van der Waals surface area contributed by atoms with Crippen LogP contribution < -0.4 is 11.1 Å². The Balaban J connectivity index is 2.53. The minimum absolute atomic E-state index is 0.0270. The molecule has 2 rings (SSSR count). The van der Waals surface area contributed by atoms with Crippen LogP contribution in [0, 0.1) is 0 Å². The first kappa shape index (κ1) is 9.03. The summed E-state index contributed by atoms with van der Waals surface area (Å²) in [5.74, 6) is 0. The fraction of sp³-hybridized carbons (Fsp3) is 0.167. The van der Waals surface area contributed by atoms with Crippen LogP contribution in [0.5, 0.6) is 0 Å². The topological polar surface area (TPSA) is 38.0 Å². The van der Waals surface area contributed by atoms with Gasteiger partial charge in [-0.1, -0.05) is 36.4 Å². The van der Waals surface area contributed by atoms with Crippen LogP contribution >= 0.6 is 0 Å². The Kier molecular flexibility index (Phi) is 2.37. The van der Waals surface area contributed by atoms with Crippen LogP contribution in [-0.2, 0) is 0 Å². The van der Waals surface area contributed by atoms with E-state index in [1.54, 1.807) is 0 Å². The van der Waals surface area contributed by atoms with E-state index in [-0.39, 0.29) is 6.17 Å². The third-order valence-corrected chi connectivity index (χ3v) is 2.17. The lowest BCUT2D eigenvalue weighted by molar-refractivity contribution is 0.853. The molecule has 1 atom stereocenters. The number of rotatable bonds is 2. The number of hydrogen-bond donors (Lipinski definition) is 2. The zero-order chi connectivity index (χ0) is 9.97. The van der Waals surface area contributed by atoms with Crippen molar-refractivity contribution in [1.82, 2.24) is 0 Å². The first-order chi connectivity index (χ1) is 6.77. The molecule has 2 aromatic rings. The summed E-state index contributed by atoms with van der Waals surface area (Å²) in [5.41, 5.74) is 6.80. The Morgan fingerprint density at radius 2 is 1.79 bits per heavy atom. The van der Waals surface area contributed by atoms with Gasteiger partial charge < -0.3 is 11.1 Å². The highest BCUT2D eigenvalue weighted by atomic mass is 15.0. The van der Waals surface area contributed by atoms with Crippen molar-refractivity contribution in [3.8, 4) is 0 Å². The molecule has 0 saturated carbocycles. The van der Waals surface area contributed by atoms with Crippen LogP contribution in [0.4, 0.5) is 5.69 Å². The van der Waals surface area contributed by atoms with E-state index >= 15 is 0 Å². The molecule has 0 amide bonds. The van der Waals surface area contributed by atoms with Gasteiger partial charge in [0, 0.05) is 11.1 Å². The van der Waals surface area contributed by atoms with Crippen LogP contribution in [0.2, 0.25) is 0 Å². The summed E-state index contributed by atoms with van der Waals surface area (Å²) in [7, 11) is 0. The summed E-state index contributed by atoms with van der Waals surface area (Å²) < 4.78 is 0. The molecule has 2 aromatic carbocycles. The third-order valence-electron chi connectivity index (χ3n) is 2.17. The molecule has 3 N–H and O–H groups in total. The SMILES string of the molecule is CC(N)Nc1cccc2ccccc12. The first-order valence-electron chi connectivity index (χ1n) is 4.77. The molecule has 0 fully saturated rings. The van der Waals surface area contributed by atoms with Crippen LogP contribution in [0.1, 0.15) is 6.92 Å². The van der Waals surface area contributed by atoms with E-state index in [1.807, 2.05) is 31.2 Å². The van der Waals surface area contributed by atoms with E-state index in [2.05, 4.69) is 23.5 Å². The van der Waals surface area contributed by atoms with Crippen LogP contribution in [-0.4, -0.2) is 6.17 Å². The summed E-state index contributed by atoms with van der Waals surface area (Å²) in [4.78, 5) is 0. The van der Waals surface area contributed by atoms with Crippen molar-refractivity contribution in [1.29, 1.82) is 0 Å². The van der Waals surface area contributed by atoms with Crippen LogP contribution in [0.3, 0.4) is 0 Å². The van der Waals surface area contributed by atoms with Crippen molar-refractivity contribution < 1.29 is 0 Å². The molecule has 0 heterocycles. The van der Waals surface area contributed by atoms with Gasteiger partial charge >= 0.3 is 0 Å². The molecule has 0 aliphatic carbocycles. The zero-order valence-electron chi connectivity index (χ0n) is 8.20. The number of nitrogens with one attached hydrogen (secondary N) is 1. The quantitative estimate of drug-likeness (QED) is 0.707. The highest BCUT2D eigenvalue weighted by Gasteiger charge is 2.00. The van der Waals surface area contributed by atoms with Crippen molar-refractivity contribution >= 4 is 16.5 Å². The average molecular weight is 186 g/mol. The predicted molar refractivity (Wildman–Crippen MR) is 61.2 cm³/mol. The number of nitrogens with two attached hydrogens (primary N) is 1. The molecule has 2 nitrogen and oxygen atoms in total. The minimum atomic E-state index is -0.0270. The molecular weight excluding hydrogens is 172 g/mol. The monoisotopic (exact) mass is 186 g/mol. The van der Waals surface area contributed by atoms with E-state index in [9.17, 15) is 0 Å². The van der Waals surface area contributed by atoms with Crippen LogP contribution in [0.15, 0.2) is 42.5 Å². The van der Waals surface area contributed by atoms with Gasteiger partial charge in [-0.15, -0.1) is 0 Å². The Bertz CT molecular complexity index is 430. The molecule has 0 saturated heterocycles. The first-order valence-corrected chi connectivity index (χ1v) is 4.77. The second kappa shape index (κ2) is 3.68. The van der Waals surface area contributed by atoms with E-state index in [1.165, 1.54) is 10.8 Å². The maximum atomic E-state index is 5.70. The Hall–Kier alpha value is -1.54. The van der Waals surface area contributed by atoms with Crippen LogP contribution in [0.25, 0.3) is 10.8 Å². The molecule has 1 unspecified atom stereocenters. The van der Waals surface area contributed by atoms with Crippen molar-refractivity contribution in [2.75, 3.05) is 5.32 Å². The maximum Gasteiger partial charge on any atom is 0.0714 e. The fourth-order valence-corrected chi connectivity index (χ4v) is 1.60. The Labute approximate surface area is 83.7 Å². The van der Waals surface area contributed by atoms with Gasteiger partial charge in [-0.05, 0) is 18.4 Å². The lowest BCUT2D eigenvalue weighted by atomic mass is 10.1. The molecule has 2 heteroatoms. The van der Waals surface area contributed by atoms with E-state index in [4.69, 9.17) is 5.73 Å². The maximum absolute atomic E-state index is 5.70. The van der Waals surface area contributed by atoms with Gasteiger partial charge in [0.2, 0.25) is 0 Å². The summed E-state index contributed by atoms with van der Waals surface area (Å²) in [5, 5.41) is 5.68. The Morgan fingerprint density at radius 3 is 2.57 bits per heavy atom. The number of hydrogen-bond acceptors (Lipinski definition) is 2. The van der Waals surface area contributed by atoms with Gasteiger partial charge in [-0.2, -0.15) is 0 Å². The average Bonchev–Trinajstić information content (AvgIpc) is 2.18. The highest BCUT2D eigenvalue weighted by molar-refractivity contribution is 5.93. The van der Waals surface area contributed by atoms with Gasteiger partial charge in [0.1, 0.15) is 0 Å². The van der Waals surface area contributed by atoms with Crippen molar-refractivity contribution in [2.24, 2.45) is 5.73 Å². The summed E-state index contributed by atoms with van der Waals surface area (Å²) >= 11 is 0. The smallest absolute Gasteiger partial charge is 0.0714 e. The zero-order valence-corrected chi connectivity index (χ0v) is 8.20. The van der Waals surface area contributed by atoms with Gasteiger partial charge in [0.05, 0.1) is 6.17 Å². The summed E-state index contributed by atoms with van der Waals surface area (Å²) in [6.45, 7) is 1.93. The predicted octanol–water partition coefficient (Wildman–Crippen LogP) is 2.56. The lowest BCUT2D eigenvalue weighted by Gasteiger charge is -2.12. The van der Waals surface area contributed by atoms with Gasteiger partial charge in [-0.3, -0.25) is 0 Å². The molecule has 72 valence electrons. The van der Waals surface area contributed by atoms with E-state index in [0.29, 0.717) is 0 Å². The van der Waals surface area contributed by atoms with Gasteiger partial charge in [0.15, 0.2) is 0 Å². The minimum Gasteiger partial charge on any atom is -0.370 e. The third kappa shape index (κ3) is 1.70. The van der Waals surface area contributed by atoms with Crippen molar-refractivity contribution in [2.45, 2.75) is 13.1 Å². The summed E-state index contributed by atoms with van der Waals surface area (Å²) in [6, 6.07) is 14.5. The number of benzene rings is 2. The second-order valence-corrected chi connectivity index (χ2v) is 3.46. The molecule has 14 heavy (non-hydrogen) atoms. The van der Waals surface area contributed by atoms with Gasteiger partial charge in [-0.25, -0.2) is 0 Å². The van der Waals surface area contributed by atoms with E-state index in [0.717, 1.165) is 5.69 Å². The van der Waals surface area contributed by atoms with Crippen molar-refractivity contribution in [3.05, 3.63) is 42.5 Å². The molecule has 0 radical (unpaired) electrons. The van der Waals surface area contributed by atoms with E-state index < -0.39 is 0 Å². The standard InChI is InChI=1S/C12H14N2/c1-9(13)14-12-8-4-6-10-5-2-3-7-11(10)12/h2-9,14H,13H2,1H3. The van der Waals surface area contributed by atoms with Gasteiger partial charge in [0.25, 0.3) is 0 Å². The lowest BCUT2D eigenvalue weighted by Crippen LogP contribution is -2.25. The normalized spacial score (nSPS) is 12.7. The molecule has 0 aliphatic heterocycles. The number of fused-ring (bicyclic) bond motifs is 1. The second-order valence-electron chi connectivity index (χ2n) is 3.46. The molecule has 0 aliphatic rings. The molecular formula is C12H14N2. The number of anilines is 1. The molecule has 0 aromatic heterocycles. The highest BCUT2D eigenvalue weighted by Crippen LogP contribution is 2.22. The fourth-order valence-electron chi connectivity index (χ4n) is 1.60. The Morgan fingerprint density at radius 1 is 1.07 bits per heavy atom. The van der Waals surface area contributed by atoms with Crippen molar-refractivity contribution in [3.63, 3.8) is 0 Å². The molecule has 0 spiro atoms.